The van der Waals surface area contributed by atoms with Gasteiger partial charge in [-0.05, 0) is 24.6 Å². The standard InChI is InChI=1S/C10H12FNO2/c11-6-1-2-9-7(5-6)10(13)8(12)3-4-14-9/h1-2,5,8,10,13H,3-4,12H2. The minimum Gasteiger partial charge on any atom is -0.493 e. The third-order valence-corrected chi connectivity index (χ3v) is 2.40. The highest BCUT2D eigenvalue weighted by molar-refractivity contribution is 5.37. The minimum absolute atomic E-state index is 0.388. The lowest BCUT2D eigenvalue weighted by molar-refractivity contribution is 0.144. The summed E-state index contributed by atoms with van der Waals surface area (Å²) >= 11 is 0. The highest BCUT2D eigenvalue weighted by Gasteiger charge is 2.24. The summed E-state index contributed by atoms with van der Waals surface area (Å²) in [6.45, 7) is 0.455. The van der Waals surface area contributed by atoms with Gasteiger partial charge in [-0.1, -0.05) is 0 Å². The van der Waals surface area contributed by atoms with Crippen LogP contribution in [-0.4, -0.2) is 17.8 Å². The summed E-state index contributed by atoms with van der Waals surface area (Å²) in [5.41, 5.74) is 6.13. The van der Waals surface area contributed by atoms with Gasteiger partial charge in [0.1, 0.15) is 11.6 Å². The van der Waals surface area contributed by atoms with Crippen LogP contribution >= 0.6 is 0 Å². The maximum absolute atomic E-state index is 12.9. The van der Waals surface area contributed by atoms with Crippen molar-refractivity contribution in [3.63, 3.8) is 0 Å². The van der Waals surface area contributed by atoms with Gasteiger partial charge in [-0.2, -0.15) is 0 Å². The van der Waals surface area contributed by atoms with Crippen LogP contribution < -0.4 is 10.5 Å². The van der Waals surface area contributed by atoms with Gasteiger partial charge >= 0.3 is 0 Å². The summed E-state index contributed by atoms with van der Waals surface area (Å²) in [7, 11) is 0. The Labute approximate surface area is 81.3 Å². The zero-order chi connectivity index (χ0) is 10.1. The molecule has 3 nitrogen and oxygen atoms in total. The van der Waals surface area contributed by atoms with E-state index < -0.39 is 12.1 Å². The average molecular weight is 197 g/mol. The number of hydrogen-bond donors (Lipinski definition) is 2. The Bertz CT molecular complexity index is 343. The number of benzene rings is 1. The molecule has 0 aliphatic carbocycles. The van der Waals surface area contributed by atoms with E-state index in [1.54, 1.807) is 0 Å². The molecular weight excluding hydrogens is 185 g/mol. The topological polar surface area (TPSA) is 55.5 Å². The number of hydrogen-bond acceptors (Lipinski definition) is 3. The molecule has 1 aliphatic heterocycles. The molecule has 3 N–H and O–H groups in total. The monoisotopic (exact) mass is 197 g/mol. The molecule has 1 aromatic rings. The maximum atomic E-state index is 12.9. The molecule has 4 heteroatoms. The second-order valence-electron chi connectivity index (χ2n) is 3.43. The van der Waals surface area contributed by atoms with Crippen molar-refractivity contribution in [3.8, 4) is 5.75 Å². The molecule has 0 radical (unpaired) electrons. The molecule has 0 aromatic heterocycles. The Balaban J connectivity index is 2.44. The highest BCUT2D eigenvalue weighted by atomic mass is 19.1. The van der Waals surface area contributed by atoms with Crippen LogP contribution in [-0.2, 0) is 0 Å². The summed E-state index contributed by atoms with van der Waals surface area (Å²) < 4.78 is 18.3. The largest absolute Gasteiger partial charge is 0.493 e. The predicted octanol–water partition coefficient (Wildman–Crippen LogP) is 0.969. The summed E-state index contributed by atoms with van der Waals surface area (Å²) in [5.74, 6) is 0.132. The van der Waals surface area contributed by atoms with Crippen molar-refractivity contribution >= 4 is 0 Å². The van der Waals surface area contributed by atoms with E-state index in [1.807, 2.05) is 0 Å². The number of halogens is 1. The molecule has 1 heterocycles. The second-order valence-corrected chi connectivity index (χ2v) is 3.43. The van der Waals surface area contributed by atoms with Crippen LogP contribution in [0.5, 0.6) is 5.75 Å². The van der Waals surface area contributed by atoms with Crippen molar-refractivity contribution in [2.45, 2.75) is 18.6 Å². The number of aliphatic hydroxyl groups excluding tert-OH is 1. The molecule has 1 aromatic carbocycles. The van der Waals surface area contributed by atoms with Gasteiger partial charge in [0.05, 0.1) is 12.7 Å². The predicted molar refractivity (Wildman–Crippen MR) is 49.4 cm³/mol. The molecule has 0 bridgehead atoms. The number of aliphatic hydroxyl groups is 1. The minimum atomic E-state index is -0.844. The Hall–Kier alpha value is -1.13. The molecule has 0 fully saturated rings. The van der Waals surface area contributed by atoms with Crippen LogP contribution in [0.15, 0.2) is 18.2 Å². The molecule has 1 aliphatic rings. The molecular formula is C10H12FNO2. The Morgan fingerprint density at radius 2 is 2.29 bits per heavy atom. The summed E-state index contributed by atoms with van der Waals surface area (Å²) in [5, 5.41) is 9.76. The zero-order valence-corrected chi connectivity index (χ0v) is 7.61. The molecule has 2 atom stereocenters. The van der Waals surface area contributed by atoms with Crippen LogP contribution in [0.4, 0.5) is 4.39 Å². The van der Waals surface area contributed by atoms with E-state index in [-0.39, 0.29) is 5.82 Å². The van der Waals surface area contributed by atoms with Crippen LogP contribution in [0.3, 0.4) is 0 Å². The van der Waals surface area contributed by atoms with Crippen molar-refractivity contribution in [1.29, 1.82) is 0 Å². The van der Waals surface area contributed by atoms with E-state index in [4.69, 9.17) is 10.5 Å². The van der Waals surface area contributed by atoms with Gasteiger partial charge in [0.25, 0.3) is 0 Å². The number of fused-ring (bicyclic) bond motifs is 1. The van der Waals surface area contributed by atoms with E-state index in [0.29, 0.717) is 24.3 Å². The summed E-state index contributed by atoms with van der Waals surface area (Å²) in [6.07, 6.45) is -0.277. The van der Waals surface area contributed by atoms with Crippen LogP contribution in [0, 0.1) is 5.82 Å². The average Bonchev–Trinajstić information content (AvgIpc) is 2.30. The molecule has 14 heavy (non-hydrogen) atoms. The van der Waals surface area contributed by atoms with Gasteiger partial charge in [0.2, 0.25) is 0 Å². The van der Waals surface area contributed by atoms with E-state index in [9.17, 15) is 9.50 Å². The van der Waals surface area contributed by atoms with Crippen molar-refractivity contribution in [1.82, 2.24) is 0 Å². The first-order chi connectivity index (χ1) is 6.68. The quantitative estimate of drug-likeness (QED) is 0.651. The third kappa shape index (κ3) is 1.58. The molecule has 76 valence electrons. The van der Waals surface area contributed by atoms with Crippen molar-refractivity contribution in [2.75, 3.05) is 6.61 Å². The van der Waals surface area contributed by atoms with Gasteiger partial charge in [-0.15, -0.1) is 0 Å². The third-order valence-electron chi connectivity index (χ3n) is 2.40. The van der Waals surface area contributed by atoms with E-state index in [0.717, 1.165) is 0 Å². The zero-order valence-electron chi connectivity index (χ0n) is 7.61. The fourth-order valence-corrected chi connectivity index (χ4v) is 1.58. The first-order valence-corrected chi connectivity index (χ1v) is 4.54. The normalized spacial score (nSPS) is 26.2. The van der Waals surface area contributed by atoms with Crippen LogP contribution in [0.1, 0.15) is 18.1 Å². The molecule has 0 spiro atoms. The number of rotatable bonds is 0. The number of ether oxygens (including phenoxy) is 1. The van der Waals surface area contributed by atoms with Crippen molar-refractivity contribution in [2.24, 2.45) is 5.73 Å². The molecule has 0 saturated heterocycles. The highest BCUT2D eigenvalue weighted by Crippen LogP contribution is 2.31. The summed E-state index contributed by atoms with van der Waals surface area (Å²) in [4.78, 5) is 0. The summed E-state index contributed by atoms with van der Waals surface area (Å²) in [6, 6.07) is 3.71. The van der Waals surface area contributed by atoms with Gasteiger partial charge < -0.3 is 15.6 Å². The maximum Gasteiger partial charge on any atom is 0.125 e. The molecule has 0 saturated carbocycles. The number of nitrogens with two attached hydrogens (primary N) is 1. The first kappa shape index (κ1) is 9.43. The molecule has 0 amide bonds. The molecule has 2 rings (SSSR count). The Morgan fingerprint density at radius 3 is 3.07 bits per heavy atom. The van der Waals surface area contributed by atoms with Crippen molar-refractivity contribution < 1.29 is 14.2 Å². The van der Waals surface area contributed by atoms with Gasteiger partial charge in [0, 0.05) is 11.6 Å². The lowest BCUT2D eigenvalue weighted by Crippen LogP contribution is -2.28. The molecule has 2 unspecified atom stereocenters. The Morgan fingerprint density at radius 1 is 1.50 bits per heavy atom. The van der Waals surface area contributed by atoms with Gasteiger partial charge in [0.15, 0.2) is 0 Å². The van der Waals surface area contributed by atoms with E-state index >= 15 is 0 Å². The van der Waals surface area contributed by atoms with Gasteiger partial charge in [-0.25, -0.2) is 4.39 Å². The fourth-order valence-electron chi connectivity index (χ4n) is 1.58. The first-order valence-electron chi connectivity index (χ1n) is 4.54. The van der Waals surface area contributed by atoms with Crippen LogP contribution in [0.25, 0.3) is 0 Å². The van der Waals surface area contributed by atoms with E-state index in [2.05, 4.69) is 0 Å². The fraction of sp³-hybridized carbons (Fsp3) is 0.400. The van der Waals surface area contributed by atoms with Crippen molar-refractivity contribution in [3.05, 3.63) is 29.6 Å². The Kier molecular flexibility index (Phi) is 2.39. The SMILES string of the molecule is NC1CCOc2ccc(F)cc2C1O. The second kappa shape index (κ2) is 3.55. The van der Waals surface area contributed by atoms with Crippen LogP contribution in [0.2, 0.25) is 0 Å². The smallest absolute Gasteiger partial charge is 0.125 e. The van der Waals surface area contributed by atoms with Gasteiger partial charge in [-0.3, -0.25) is 0 Å². The lowest BCUT2D eigenvalue weighted by Gasteiger charge is -2.15. The lowest BCUT2D eigenvalue weighted by atomic mass is 10.0. The van der Waals surface area contributed by atoms with E-state index in [1.165, 1.54) is 18.2 Å².